The molecule has 0 radical (unpaired) electrons. The Hall–Kier alpha value is -2.30. The molecule has 5 heteroatoms. The first-order valence-corrected chi connectivity index (χ1v) is 6.82. The number of rotatable bonds is 1. The van der Waals surface area contributed by atoms with E-state index in [0.29, 0.717) is 5.82 Å². The fourth-order valence-corrected chi connectivity index (χ4v) is 2.54. The zero-order chi connectivity index (χ0) is 14.1. The average Bonchev–Trinajstić information content (AvgIpc) is 2.76. The highest BCUT2D eigenvalue weighted by Crippen LogP contribution is 2.27. The van der Waals surface area contributed by atoms with E-state index in [-0.39, 0.29) is 6.03 Å². The van der Waals surface area contributed by atoms with Crippen LogP contribution in [-0.2, 0) is 13.5 Å². The number of anilines is 2. The van der Waals surface area contributed by atoms with Gasteiger partial charge < -0.3 is 0 Å². The van der Waals surface area contributed by atoms with Crippen molar-refractivity contribution in [2.75, 3.05) is 16.8 Å². The summed E-state index contributed by atoms with van der Waals surface area (Å²) in [6.07, 6.45) is 2.02. The van der Waals surface area contributed by atoms with Gasteiger partial charge in [0.15, 0.2) is 5.82 Å². The Morgan fingerprint density at radius 1 is 1.35 bits per heavy atom. The van der Waals surface area contributed by atoms with Gasteiger partial charge in [-0.2, -0.15) is 5.10 Å². The largest absolute Gasteiger partial charge is 0.327 e. The molecule has 1 N–H and O–H groups in total. The van der Waals surface area contributed by atoms with Gasteiger partial charge in [-0.3, -0.25) is 14.9 Å². The summed E-state index contributed by atoms with van der Waals surface area (Å²) in [5.41, 5.74) is 3.24. The molecule has 0 unspecified atom stereocenters. The molecule has 2 heterocycles. The van der Waals surface area contributed by atoms with Crippen LogP contribution in [0.4, 0.5) is 16.3 Å². The molecule has 104 valence electrons. The molecular weight excluding hydrogens is 252 g/mol. The number of aromatic nitrogens is 2. The molecule has 0 fully saturated rings. The Kier molecular flexibility index (Phi) is 3.18. The van der Waals surface area contributed by atoms with Crippen LogP contribution in [0.15, 0.2) is 30.3 Å². The average molecular weight is 270 g/mol. The lowest BCUT2D eigenvalue weighted by molar-refractivity contribution is 0.256. The van der Waals surface area contributed by atoms with Crippen LogP contribution in [0.3, 0.4) is 0 Å². The molecule has 3 rings (SSSR count). The molecule has 0 atom stereocenters. The number of amides is 2. The van der Waals surface area contributed by atoms with E-state index in [2.05, 4.69) is 16.5 Å². The molecule has 1 aliphatic heterocycles. The van der Waals surface area contributed by atoms with Gasteiger partial charge in [0.25, 0.3) is 0 Å². The maximum atomic E-state index is 12.4. The predicted molar refractivity (Wildman–Crippen MR) is 79.1 cm³/mol. The van der Waals surface area contributed by atoms with Gasteiger partial charge in [-0.15, -0.1) is 0 Å². The third-order valence-electron chi connectivity index (χ3n) is 3.70. The van der Waals surface area contributed by atoms with Crippen molar-refractivity contribution in [1.29, 1.82) is 0 Å². The molecule has 1 aromatic carbocycles. The van der Waals surface area contributed by atoms with E-state index < -0.39 is 0 Å². The molecule has 1 aliphatic rings. The first-order valence-electron chi connectivity index (χ1n) is 6.82. The van der Waals surface area contributed by atoms with Crippen LogP contribution in [0, 0.1) is 6.92 Å². The Morgan fingerprint density at radius 3 is 2.90 bits per heavy atom. The van der Waals surface area contributed by atoms with Crippen LogP contribution in [0.5, 0.6) is 0 Å². The van der Waals surface area contributed by atoms with Crippen LogP contribution >= 0.6 is 0 Å². The quantitative estimate of drug-likeness (QED) is 0.866. The number of nitrogens with zero attached hydrogens (tertiary/aromatic N) is 3. The third-order valence-corrected chi connectivity index (χ3v) is 3.70. The monoisotopic (exact) mass is 270 g/mol. The minimum atomic E-state index is -0.116. The van der Waals surface area contributed by atoms with Crippen molar-refractivity contribution in [3.63, 3.8) is 0 Å². The molecular formula is C15H18N4O. The number of fused-ring (bicyclic) bond motifs is 1. The van der Waals surface area contributed by atoms with E-state index in [1.165, 1.54) is 5.56 Å². The van der Waals surface area contributed by atoms with E-state index in [1.807, 2.05) is 38.2 Å². The zero-order valence-electron chi connectivity index (χ0n) is 11.8. The number of hydrogen-bond donors (Lipinski definition) is 1. The highest BCUT2D eigenvalue weighted by Gasteiger charge is 2.22. The highest BCUT2D eigenvalue weighted by atomic mass is 16.2. The molecule has 5 nitrogen and oxygen atoms in total. The summed E-state index contributed by atoms with van der Waals surface area (Å²) in [7, 11) is 1.86. The third kappa shape index (κ3) is 2.27. The lowest BCUT2D eigenvalue weighted by Crippen LogP contribution is -2.38. The number of urea groups is 1. The van der Waals surface area contributed by atoms with Gasteiger partial charge in [0, 0.05) is 31.0 Å². The minimum Gasteiger partial charge on any atom is -0.294 e. The second-order valence-electron chi connectivity index (χ2n) is 5.11. The van der Waals surface area contributed by atoms with Crippen LogP contribution in [0.25, 0.3) is 0 Å². The first-order chi connectivity index (χ1) is 9.65. The smallest absolute Gasteiger partial charge is 0.294 e. The minimum absolute atomic E-state index is 0.116. The second-order valence-corrected chi connectivity index (χ2v) is 5.11. The Bertz CT molecular complexity index is 628. The van der Waals surface area contributed by atoms with Crippen LogP contribution in [-0.4, -0.2) is 22.4 Å². The van der Waals surface area contributed by atoms with Crippen molar-refractivity contribution in [1.82, 2.24) is 9.78 Å². The van der Waals surface area contributed by atoms with Gasteiger partial charge >= 0.3 is 6.03 Å². The van der Waals surface area contributed by atoms with Gasteiger partial charge in [0.1, 0.15) is 0 Å². The Morgan fingerprint density at radius 2 is 2.15 bits per heavy atom. The normalized spacial score (nSPS) is 14.0. The van der Waals surface area contributed by atoms with Crippen molar-refractivity contribution < 1.29 is 4.79 Å². The van der Waals surface area contributed by atoms with E-state index in [1.54, 1.807) is 9.58 Å². The highest BCUT2D eigenvalue weighted by molar-refractivity contribution is 6.02. The fourth-order valence-electron chi connectivity index (χ4n) is 2.54. The van der Waals surface area contributed by atoms with Gasteiger partial charge in [-0.25, -0.2) is 4.79 Å². The molecule has 2 amide bonds. The number of aryl methyl sites for hydroxylation is 3. The lowest BCUT2D eigenvalue weighted by atomic mass is 10.0. The van der Waals surface area contributed by atoms with E-state index in [0.717, 1.165) is 30.8 Å². The fraction of sp³-hybridized carbons (Fsp3) is 0.333. The standard InChI is InChI=1S/C15H18N4O/c1-11-10-14(17-18(11)2)16-15(20)19-9-5-7-12-6-3-4-8-13(12)19/h3-4,6,8,10H,5,7,9H2,1-2H3,(H,16,17,20). The summed E-state index contributed by atoms with van der Waals surface area (Å²) in [4.78, 5) is 14.2. The molecule has 0 saturated carbocycles. The van der Waals surface area contributed by atoms with E-state index >= 15 is 0 Å². The van der Waals surface area contributed by atoms with E-state index in [4.69, 9.17) is 0 Å². The molecule has 0 spiro atoms. The first kappa shape index (κ1) is 12.7. The number of para-hydroxylation sites is 1. The molecule has 1 aromatic heterocycles. The number of benzene rings is 1. The molecule has 0 bridgehead atoms. The summed E-state index contributed by atoms with van der Waals surface area (Å²) in [5, 5.41) is 7.13. The van der Waals surface area contributed by atoms with Gasteiger partial charge in [-0.05, 0) is 31.4 Å². The molecule has 0 aliphatic carbocycles. The maximum absolute atomic E-state index is 12.4. The van der Waals surface area contributed by atoms with Gasteiger partial charge in [0.2, 0.25) is 0 Å². The van der Waals surface area contributed by atoms with Crippen molar-refractivity contribution in [2.24, 2.45) is 7.05 Å². The van der Waals surface area contributed by atoms with E-state index in [9.17, 15) is 4.79 Å². The van der Waals surface area contributed by atoms with Crippen molar-refractivity contribution in [3.05, 3.63) is 41.6 Å². The Balaban J connectivity index is 1.81. The summed E-state index contributed by atoms with van der Waals surface area (Å²) in [6.45, 7) is 2.70. The van der Waals surface area contributed by atoms with Gasteiger partial charge in [-0.1, -0.05) is 18.2 Å². The van der Waals surface area contributed by atoms with Crippen LogP contribution in [0.2, 0.25) is 0 Å². The van der Waals surface area contributed by atoms with Crippen molar-refractivity contribution >= 4 is 17.5 Å². The summed E-state index contributed by atoms with van der Waals surface area (Å²) in [6, 6.07) is 9.82. The summed E-state index contributed by atoms with van der Waals surface area (Å²) >= 11 is 0. The molecule has 20 heavy (non-hydrogen) atoms. The van der Waals surface area contributed by atoms with Crippen LogP contribution < -0.4 is 10.2 Å². The Labute approximate surface area is 118 Å². The van der Waals surface area contributed by atoms with Crippen molar-refractivity contribution in [3.8, 4) is 0 Å². The van der Waals surface area contributed by atoms with Crippen molar-refractivity contribution in [2.45, 2.75) is 19.8 Å². The van der Waals surface area contributed by atoms with Crippen LogP contribution in [0.1, 0.15) is 17.7 Å². The molecule has 0 saturated heterocycles. The number of carbonyl (C=O) groups excluding carboxylic acids is 1. The maximum Gasteiger partial charge on any atom is 0.327 e. The number of carbonyl (C=O) groups is 1. The summed E-state index contributed by atoms with van der Waals surface area (Å²) < 4.78 is 1.75. The number of nitrogens with one attached hydrogen (secondary N) is 1. The predicted octanol–water partition coefficient (Wildman–Crippen LogP) is 2.71. The zero-order valence-corrected chi connectivity index (χ0v) is 11.8. The SMILES string of the molecule is Cc1cc(NC(=O)N2CCCc3ccccc32)nn1C. The lowest BCUT2D eigenvalue weighted by Gasteiger charge is -2.29. The number of hydrogen-bond acceptors (Lipinski definition) is 2. The summed E-state index contributed by atoms with van der Waals surface area (Å²) in [5.74, 6) is 0.595. The topological polar surface area (TPSA) is 50.2 Å². The van der Waals surface area contributed by atoms with Gasteiger partial charge in [0.05, 0.1) is 0 Å². The second kappa shape index (κ2) is 5.00. The molecule has 2 aromatic rings.